The third-order valence-electron chi connectivity index (χ3n) is 2.34. The molecule has 0 spiro atoms. The van der Waals surface area contributed by atoms with E-state index in [4.69, 9.17) is 9.47 Å². The number of rotatable bonds is 3. The molecule has 1 aromatic carbocycles. The molecule has 0 atom stereocenters. The van der Waals surface area contributed by atoms with Crippen LogP contribution in [0, 0.1) is 5.82 Å². The molecule has 0 fully saturated rings. The maximum atomic E-state index is 14.0. The van der Waals surface area contributed by atoms with Gasteiger partial charge in [0.1, 0.15) is 5.76 Å². The molecular weight excluding hydrogens is 225 g/mol. The Hall–Kier alpha value is -2.04. The van der Waals surface area contributed by atoms with Crippen LogP contribution in [0.4, 0.5) is 10.1 Å². The van der Waals surface area contributed by atoms with E-state index in [1.807, 2.05) is 0 Å². The number of anilines is 1. The monoisotopic (exact) mass is 237 g/mol. The smallest absolute Gasteiger partial charge is 0.262 e. The normalized spacial score (nSPS) is 13.4. The zero-order valence-corrected chi connectivity index (χ0v) is 9.38. The highest BCUT2D eigenvalue weighted by Gasteiger charge is 2.22. The van der Waals surface area contributed by atoms with Crippen molar-refractivity contribution in [2.75, 3.05) is 18.5 Å². The SMILES string of the molecule is C=C(OCC)c1ccc2c(c1F)OCC(=O)N2. The van der Waals surface area contributed by atoms with Crippen molar-refractivity contribution >= 4 is 17.4 Å². The molecule has 0 radical (unpaired) electrons. The maximum absolute atomic E-state index is 14.0. The minimum absolute atomic E-state index is 0.0305. The number of hydrogen-bond acceptors (Lipinski definition) is 3. The minimum atomic E-state index is -0.569. The van der Waals surface area contributed by atoms with Crippen molar-refractivity contribution in [3.8, 4) is 5.75 Å². The van der Waals surface area contributed by atoms with E-state index in [1.54, 1.807) is 13.0 Å². The van der Waals surface area contributed by atoms with E-state index in [-0.39, 0.29) is 29.6 Å². The maximum Gasteiger partial charge on any atom is 0.262 e. The molecule has 0 unspecified atom stereocenters. The summed E-state index contributed by atoms with van der Waals surface area (Å²) < 4.78 is 24.2. The van der Waals surface area contributed by atoms with Crippen LogP contribution in [-0.2, 0) is 9.53 Å². The molecule has 2 rings (SSSR count). The van der Waals surface area contributed by atoms with Crippen LogP contribution >= 0.6 is 0 Å². The van der Waals surface area contributed by atoms with E-state index in [0.717, 1.165) is 0 Å². The van der Waals surface area contributed by atoms with Crippen LogP contribution in [-0.4, -0.2) is 19.1 Å². The number of benzene rings is 1. The van der Waals surface area contributed by atoms with E-state index in [0.29, 0.717) is 12.3 Å². The predicted octanol–water partition coefficient (Wildman–Crippen LogP) is 2.16. The summed E-state index contributed by atoms with van der Waals surface area (Å²) in [5, 5.41) is 2.52. The lowest BCUT2D eigenvalue weighted by atomic mass is 10.1. The molecule has 17 heavy (non-hydrogen) atoms. The van der Waals surface area contributed by atoms with E-state index < -0.39 is 5.82 Å². The summed E-state index contributed by atoms with van der Waals surface area (Å²) in [6, 6.07) is 3.07. The Balaban J connectivity index is 2.39. The first-order chi connectivity index (χ1) is 8.13. The van der Waals surface area contributed by atoms with E-state index in [9.17, 15) is 9.18 Å². The van der Waals surface area contributed by atoms with Crippen LogP contribution in [0.3, 0.4) is 0 Å². The second-order valence-corrected chi connectivity index (χ2v) is 3.50. The molecule has 4 nitrogen and oxygen atoms in total. The van der Waals surface area contributed by atoms with Crippen LogP contribution in [0.5, 0.6) is 5.75 Å². The first-order valence-corrected chi connectivity index (χ1v) is 5.20. The lowest BCUT2D eigenvalue weighted by molar-refractivity contribution is -0.118. The number of halogens is 1. The van der Waals surface area contributed by atoms with Gasteiger partial charge in [-0.15, -0.1) is 0 Å². The topological polar surface area (TPSA) is 47.6 Å². The molecule has 0 aliphatic carbocycles. The van der Waals surface area contributed by atoms with Gasteiger partial charge < -0.3 is 14.8 Å². The summed E-state index contributed by atoms with van der Waals surface area (Å²) in [7, 11) is 0. The minimum Gasteiger partial charge on any atom is -0.494 e. The third kappa shape index (κ3) is 2.08. The highest BCUT2D eigenvalue weighted by Crippen LogP contribution is 2.34. The molecule has 0 saturated heterocycles. The fourth-order valence-electron chi connectivity index (χ4n) is 1.59. The first-order valence-electron chi connectivity index (χ1n) is 5.20. The Kier molecular flexibility index (Phi) is 2.99. The number of carbonyl (C=O) groups is 1. The largest absolute Gasteiger partial charge is 0.494 e. The number of carbonyl (C=O) groups excluding carboxylic acids is 1. The zero-order chi connectivity index (χ0) is 12.4. The molecule has 90 valence electrons. The predicted molar refractivity (Wildman–Crippen MR) is 61.2 cm³/mol. The fraction of sp³-hybridized carbons (Fsp3) is 0.250. The van der Waals surface area contributed by atoms with Crippen molar-refractivity contribution in [2.45, 2.75) is 6.92 Å². The quantitative estimate of drug-likeness (QED) is 0.819. The summed E-state index contributed by atoms with van der Waals surface area (Å²) in [5.74, 6) is -0.592. The van der Waals surface area contributed by atoms with Gasteiger partial charge in [0.2, 0.25) is 0 Å². The number of fused-ring (bicyclic) bond motifs is 1. The molecular formula is C12H12FNO3. The molecule has 5 heteroatoms. The molecule has 1 aliphatic rings. The van der Waals surface area contributed by atoms with Gasteiger partial charge in [0.15, 0.2) is 18.2 Å². The Labute approximate surface area is 98.0 Å². The average Bonchev–Trinajstić information content (AvgIpc) is 2.29. The first kappa shape index (κ1) is 11.4. The molecule has 1 amide bonds. The summed E-state index contributed by atoms with van der Waals surface area (Å²) in [5.41, 5.74) is 0.563. The number of nitrogens with one attached hydrogen (secondary N) is 1. The van der Waals surface area contributed by atoms with E-state index in [2.05, 4.69) is 11.9 Å². The molecule has 0 aromatic heterocycles. The summed E-state index contributed by atoms with van der Waals surface area (Å²) in [6.07, 6.45) is 0. The Morgan fingerprint density at radius 1 is 1.65 bits per heavy atom. The van der Waals surface area contributed by atoms with Gasteiger partial charge in [-0.2, -0.15) is 0 Å². The van der Waals surface area contributed by atoms with Crippen molar-refractivity contribution < 1.29 is 18.7 Å². The molecule has 1 heterocycles. The fourth-order valence-corrected chi connectivity index (χ4v) is 1.59. The highest BCUT2D eigenvalue weighted by molar-refractivity contribution is 5.95. The summed E-state index contributed by atoms with van der Waals surface area (Å²) in [6.45, 7) is 5.65. The van der Waals surface area contributed by atoms with Crippen LogP contribution < -0.4 is 10.1 Å². The van der Waals surface area contributed by atoms with Crippen LogP contribution in [0.25, 0.3) is 5.76 Å². The Morgan fingerprint density at radius 3 is 3.12 bits per heavy atom. The lowest BCUT2D eigenvalue weighted by Gasteiger charge is -2.20. The van der Waals surface area contributed by atoms with Crippen molar-refractivity contribution in [3.05, 3.63) is 30.1 Å². The van der Waals surface area contributed by atoms with Gasteiger partial charge in [-0.25, -0.2) is 4.39 Å². The van der Waals surface area contributed by atoms with Gasteiger partial charge in [-0.1, -0.05) is 6.58 Å². The zero-order valence-electron chi connectivity index (χ0n) is 9.38. The standard InChI is InChI=1S/C12H12FNO3/c1-3-16-7(2)8-4-5-9-12(11(8)13)17-6-10(15)14-9/h4-5H,2-3,6H2,1H3,(H,14,15). The molecule has 1 aliphatic heterocycles. The van der Waals surface area contributed by atoms with Gasteiger partial charge in [-0.3, -0.25) is 4.79 Å². The summed E-state index contributed by atoms with van der Waals surface area (Å²) in [4.78, 5) is 11.1. The lowest BCUT2D eigenvalue weighted by Crippen LogP contribution is -2.26. The summed E-state index contributed by atoms with van der Waals surface area (Å²) >= 11 is 0. The Morgan fingerprint density at radius 2 is 2.41 bits per heavy atom. The van der Waals surface area contributed by atoms with Crippen molar-refractivity contribution in [3.63, 3.8) is 0 Å². The van der Waals surface area contributed by atoms with Gasteiger partial charge in [0.05, 0.1) is 17.9 Å². The van der Waals surface area contributed by atoms with Crippen LogP contribution in [0.15, 0.2) is 18.7 Å². The third-order valence-corrected chi connectivity index (χ3v) is 2.34. The second kappa shape index (κ2) is 4.45. The average molecular weight is 237 g/mol. The van der Waals surface area contributed by atoms with Crippen molar-refractivity contribution in [2.24, 2.45) is 0 Å². The number of amides is 1. The number of ether oxygens (including phenoxy) is 2. The molecule has 1 aromatic rings. The van der Waals surface area contributed by atoms with Crippen LogP contribution in [0.1, 0.15) is 12.5 Å². The van der Waals surface area contributed by atoms with Crippen molar-refractivity contribution in [1.29, 1.82) is 0 Å². The molecule has 1 N–H and O–H groups in total. The Bertz CT molecular complexity index is 485. The van der Waals surface area contributed by atoms with Crippen LogP contribution in [0.2, 0.25) is 0 Å². The van der Waals surface area contributed by atoms with Gasteiger partial charge >= 0.3 is 0 Å². The van der Waals surface area contributed by atoms with Gasteiger partial charge in [-0.05, 0) is 19.1 Å². The molecule has 0 bridgehead atoms. The number of hydrogen-bond donors (Lipinski definition) is 1. The molecule has 0 saturated carbocycles. The highest BCUT2D eigenvalue weighted by atomic mass is 19.1. The van der Waals surface area contributed by atoms with Crippen molar-refractivity contribution in [1.82, 2.24) is 0 Å². The van der Waals surface area contributed by atoms with Gasteiger partial charge in [0, 0.05) is 0 Å². The van der Waals surface area contributed by atoms with Gasteiger partial charge in [0.25, 0.3) is 5.91 Å². The van der Waals surface area contributed by atoms with E-state index >= 15 is 0 Å². The second-order valence-electron chi connectivity index (χ2n) is 3.50. The van der Waals surface area contributed by atoms with E-state index in [1.165, 1.54) is 6.07 Å².